The molecule has 25 heavy (non-hydrogen) atoms. The zero-order valence-corrected chi connectivity index (χ0v) is 14.6. The molecule has 3 rings (SSSR count). The molecule has 0 spiro atoms. The first-order chi connectivity index (χ1) is 11.9. The Balaban J connectivity index is 2.24. The molecule has 1 aliphatic rings. The van der Waals surface area contributed by atoms with E-state index in [0.29, 0.717) is 16.3 Å². The fourth-order valence-electron chi connectivity index (χ4n) is 2.79. The summed E-state index contributed by atoms with van der Waals surface area (Å²) in [6, 6.07) is 9.26. The Morgan fingerprint density at radius 3 is 2.28 bits per heavy atom. The Hall–Kier alpha value is -2.31. The van der Waals surface area contributed by atoms with E-state index in [1.165, 1.54) is 13.0 Å². The molecule has 2 aromatic carbocycles. The van der Waals surface area contributed by atoms with Gasteiger partial charge in [-0.25, -0.2) is 8.78 Å². The first kappa shape index (κ1) is 17.5. The lowest BCUT2D eigenvalue weighted by Crippen LogP contribution is -2.45. The lowest BCUT2D eigenvalue weighted by Gasteiger charge is -2.31. The highest BCUT2D eigenvalue weighted by Gasteiger charge is 2.33. The van der Waals surface area contributed by atoms with Crippen LogP contribution in [0, 0.1) is 11.6 Å². The Morgan fingerprint density at radius 2 is 1.72 bits per heavy atom. The van der Waals surface area contributed by atoms with Gasteiger partial charge in [-0.15, -0.1) is 0 Å². The van der Waals surface area contributed by atoms with Crippen LogP contribution in [0.1, 0.15) is 24.1 Å². The molecule has 0 aromatic heterocycles. The van der Waals surface area contributed by atoms with Crippen LogP contribution in [0.4, 0.5) is 8.78 Å². The second-order valence-electron chi connectivity index (χ2n) is 5.52. The van der Waals surface area contributed by atoms with Crippen molar-refractivity contribution in [3.8, 4) is 0 Å². The molecule has 0 saturated carbocycles. The lowest BCUT2D eigenvalue weighted by atomic mass is 9.90. The SMILES string of the molecule is CC(=O)C1=C(c2ccc(Cl)cc2)NC(=S)N[C@@H]1c1c(F)cccc1F. The van der Waals surface area contributed by atoms with Gasteiger partial charge in [0.15, 0.2) is 10.9 Å². The number of nitrogens with one attached hydrogen (secondary N) is 2. The van der Waals surface area contributed by atoms with Crippen molar-refractivity contribution in [2.75, 3.05) is 0 Å². The van der Waals surface area contributed by atoms with Gasteiger partial charge >= 0.3 is 0 Å². The van der Waals surface area contributed by atoms with Crippen molar-refractivity contribution in [1.29, 1.82) is 0 Å². The predicted octanol–water partition coefficient (Wildman–Crippen LogP) is 4.14. The zero-order valence-electron chi connectivity index (χ0n) is 13.1. The minimum atomic E-state index is -1.03. The largest absolute Gasteiger partial charge is 0.351 e. The summed E-state index contributed by atoms with van der Waals surface area (Å²) in [7, 11) is 0. The molecule has 1 heterocycles. The van der Waals surface area contributed by atoms with E-state index < -0.39 is 17.7 Å². The van der Waals surface area contributed by atoms with Gasteiger partial charge < -0.3 is 10.6 Å². The topological polar surface area (TPSA) is 41.1 Å². The molecule has 3 nitrogen and oxygen atoms in total. The van der Waals surface area contributed by atoms with E-state index in [-0.39, 0.29) is 22.0 Å². The number of thiocarbonyl (C=S) groups is 1. The molecule has 1 aliphatic heterocycles. The van der Waals surface area contributed by atoms with Crippen molar-refractivity contribution in [2.24, 2.45) is 0 Å². The number of halogens is 3. The molecular weight excluding hydrogens is 366 g/mol. The predicted molar refractivity (Wildman–Crippen MR) is 97.0 cm³/mol. The van der Waals surface area contributed by atoms with Crippen molar-refractivity contribution in [2.45, 2.75) is 13.0 Å². The Morgan fingerprint density at radius 1 is 1.12 bits per heavy atom. The third-order valence-electron chi connectivity index (χ3n) is 3.87. The normalized spacial score (nSPS) is 17.1. The second-order valence-corrected chi connectivity index (χ2v) is 6.36. The summed E-state index contributed by atoms with van der Waals surface area (Å²) < 4.78 is 28.6. The minimum absolute atomic E-state index is 0.169. The highest BCUT2D eigenvalue weighted by atomic mass is 35.5. The van der Waals surface area contributed by atoms with Gasteiger partial charge in [0.1, 0.15) is 11.6 Å². The number of hydrogen-bond donors (Lipinski definition) is 2. The number of Topliss-reactive ketones (excluding diaryl/α,β-unsaturated/α-hetero) is 1. The maximum atomic E-state index is 14.3. The third-order valence-corrected chi connectivity index (χ3v) is 4.34. The van der Waals surface area contributed by atoms with E-state index in [0.717, 1.165) is 12.1 Å². The molecule has 128 valence electrons. The van der Waals surface area contributed by atoms with E-state index in [9.17, 15) is 13.6 Å². The quantitative estimate of drug-likeness (QED) is 0.788. The molecule has 2 N–H and O–H groups in total. The maximum Gasteiger partial charge on any atom is 0.171 e. The summed E-state index contributed by atoms with van der Waals surface area (Å²) >= 11 is 11.1. The average Bonchev–Trinajstić information content (AvgIpc) is 2.54. The second kappa shape index (κ2) is 6.90. The van der Waals surface area contributed by atoms with Gasteiger partial charge in [0.25, 0.3) is 0 Å². The fraction of sp³-hybridized carbons (Fsp3) is 0.111. The van der Waals surface area contributed by atoms with Gasteiger partial charge in [0.2, 0.25) is 0 Å². The number of carbonyl (C=O) groups is 1. The number of hydrogen-bond acceptors (Lipinski definition) is 2. The molecule has 2 aromatic rings. The van der Waals surface area contributed by atoms with Crippen LogP contribution < -0.4 is 10.6 Å². The van der Waals surface area contributed by atoms with Crippen LogP contribution in [0.25, 0.3) is 5.70 Å². The number of carbonyl (C=O) groups excluding carboxylic acids is 1. The van der Waals surface area contributed by atoms with Crippen LogP contribution >= 0.6 is 23.8 Å². The summed E-state index contributed by atoms with van der Waals surface area (Å²) in [5, 5.41) is 6.40. The first-order valence-corrected chi connectivity index (χ1v) is 8.19. The maximum absolute atomic E-state index is 14.3. The van der Waals surface area contributed by atoms with Gasteiger partial charge in [-0.05, 0) is 49.0 Å². The highest BCUT2D eigenvalue weighted by molar-refractivity contribution is 7.80. The van der Waals surface area contributed by atoms with Crippen molar-refractivity contribution in [3.05, 3.63) is 75.8 Å². The van der Waals surface area contributed by atoms with Gasteiger partial charge in [-0.3, -0.25) is 4.79 Å². The van der Waals surface area contributed by atoms with Crippen LogP contribution in [0.5, 0.6) is 0 Å². The summed E-state index contributed by atoms with van der Waals surface area (Å²) in [5.41, 5.74) is 0.990. The molecule has 0 fully saturated rings. The van der Waals surface area contributed by atoms with Crippen molar-refractivity contribution in [3.63, 3.8) is 0 Å². The van der Waals surface area contributed by atoms with Crippen molar-refractivity contribution >= 4 is 40.4 Å². The van der Waals surface area contributed by atoms with Gasteiger partial charge in [0.05, 0.1) is 17.3 Å². The molecule has 7 heteroatoms. The van der Waals surface area contributed by atoms with E-state index >= 15 is 0 Å². The first-order valence-electron chi connectivity index (χ1n) is 7.41. The third kappa shape index (κ3) is 3.41. The summed E-state index contributed by atoms with van der Waals surface area (Å²) in [4.78, 5) is 12.3. The smallest absolute Gasteiger partial charge is 0.171 e. The van der Waals surface area contributed by atoms with E-state index in [1.807, 2.05) is 0 Å². The number of ketones is 1. The number of rotatable bonds is 3. The molecule has 0 saturated heterocycles. The van der Waals surface area contributed by atoms with Gasteiger partial charge in [-0.2, -0.15) is 0 Å². The molecular formula is C18H13ClF2N2OS. The fourth-order valence-corrected chi connectivity index (χ4v) is 3.14. The summed E-state index contributed by atoms with van der Waals surface area (Å²) in [6.45, 7) is 1.34. The molecule has 0 aliphatic carbocycles. The monoisotopic (exact) mass is 378 g/mol. The van der Waals surface area contributed by atoms with E-state index in [2.05, 4.69) is 10.6 Å². The highest BCUT2D eigenvalue weighted by Crippen LogP contribution is 2.34. The van der Waals surface area contributed by atoms with Crippen molar-refractivity contribution in [1.82, 2.24) is 10.6 Å². The van der Waals surface area contributed by atoms with Crippen LogP contribution in [-0.2, 0) is 4.79 Å². The lowest BCUT2D eigenvalue weighted by molar-refractivity contribution is -0.113. The molecule has 0 radical (unpaired) electrons. The van der Waals surface area contributed by atoms with E-state index in [1.54, 1.807) is 24.3 Å². The number of benzene rings is 2. The van der Waals surface area contributed by atoms with Crippen LogP contribution in [0.3, 0.4) is 0 Å². The molecule has 0 bridgehead atoms. The zero-order chi connectivity index (χ0) is 18.1. The van der Waals surface area contributed by atoms with Crippen LogP contribution in [0.15, 0.2) is 48.0 Å². The Labute approximate surface area is 153 Å². The van der Waals surface area contributed by atoms with Gasteiger partial charge in [0, 0.05) is 10.6 Å². The van der Waals surface area contributed by atoms with Gasteiger partial charge in [-0.1, -0.05) is 29.8 Å². The summed E-state index contributed by atoms with van der Waals surface area (Å²) in [5.74, 6) is -1.84. The molecule has 1 atom stereocenters. The summed E-state index contributed by atoms with van der Waals surface area (Å²) in [6.07, 6.45) is 0. The average molecular weight is 379 g/mol. The minimum Gasteiger partial charge on any atom is -0.351 e. The van der Waals surface area contributed by atoms with E-state index in [4.69, 9.17) is 23.8 Å². The Kier molecular flexibility index (Phi) is 4.83. The standard InChI is InChI=1S/C18H13ClF2N2OS/c1-9(24)14-16(10-5-7-11(19)8-6-10)22-18(25)23-17(14)15-12(20)3-2-4-13(15)21/h2-8,17H,1H3,(H2,22,23,25)/t17-/m0/s1. The van der Waals surface area contributed by atoms with Crippen LogP contribution in [0.2, 0.25) is 5.02 Å². The van der Waals surface area contributed by atoms with Crippen LogP contribution in [-0.4, -0.2) is 10.9 Å². The molecule has 0 unspecified atom stereocenters. The van der Waals surface area contributed by atoms with Crippen molar-refractivity contribution < 1.29 is 13.6 Å². The molecule has 0 amide bonds. The Bertz CT molecular complexity index is 876.